The number of aliphatic imine (C=N–C) groups is 1. The van der Waals surface area contributed by atoms with Crippen molar-refractivity contribution in [1.82, 2.24) is 0 Å². The van der Waals surface area contributed by atoms with Crippen molar-refractivity contribution >= 4 is 28.6 Å². The highest BCUT2D eigenvalue weighted by Crippen LogP contribution is 2.29. The molecule has 2 heterocycles. The van der Waals surface area contributed by atoms with Crippen molar-refractivity contribution in [3.8, 4) is 0 Å². The van der Waals surface area contributed by atoms with Crippen LogP contribution >= 0.6 is 0 Å². The quantitative estimate of drug-likeness (QED) is 0.611. The van der Waals surface area contributed by atoms with Gasteiger partial charge in [-0.3, -0.25) is 0 Å². The molecule has 29 heavy (non-hydrogen) atoms. The molecule has 0 amide bonds. The van der Waals surface area contributed by atoms with Gasteiger partial charge in [-0.2, -0.15) is 0 Å². The summed E-state index contributed by atoms with van der Waals surface area (Å²) >= 11 is 0. The summed E-state index contributed by atoms with van der Waals surface area (Å²) in [6.07, 6.45) is 8.01. The average Bonchev–Trinajstić information content (AvgIpc) is 3.23. The summed E-state index contributed by atoms with van der Waals surface area (Å²) in [5.74, 6) is -0.277. The molecular formula is C25H26N2O2. The highest BCUT2D eigenvalue weighted by atomic mass is 16.5. The average molecular weight is 386 g/mol. The van der Waals surface area contributed by atoms with Crippen LogP contribution < -0.4 is 10.6 Å². The van der Waals surface area contributed by atoms with E-state index in [1.165, 1.54) is 19.3 Å². The molecule has 0 N–H and O–H groups in total. The van der Waals surface area contributed by atoms with E-state index in [1.54, 1.807) is 0 Å². The number of nitrogens with zero attached hydrogens (tertiary/aromatic N) is 2. The predicted octanol–water partition coefficient (Wildman–Crippen LogP) is 4.46. The van der Waals surface area contributed by atoms with Gasteiger partial charge in [0.1, 0.15) is 6.10 Å². The number of esters is 1. The van der Waals surface area contributed by atoms with E-state index >= 15 is 0 Å². The van der Waals surface area contributed by atoms with Crippen LogP contribution in [0.5, 0.6) is 0 Å². The fourth-order valence-electron chi connectivity index (χ4n) is 4.89. The zero-order chi connectivity index (χ0) is 20.0. The van der Waals surface area contributed by atoms with E-state index in [1.807, 2.05) is 25.1 Å². The number of carbonyl (C=O) groups is 1. The molecule has 0 atom stereocenters. The normalized spacial score (nSPS) is 18.1. The van der Waals surface area contributed by atoms with E-state index in [9.17, 15) is 4.79 Å². The Morgan fingerprint density at radius 2 is 1.69 bits per heavy atom. The zero-order valence-corrected chi connectivity index (χ0v) is 17.1. The van der Waals surface area contributed by atoms with Gasteiger partial charge in [-0.15, -0.1) is 0 Å². The molecule has 0 saturated heterocycles. The first-order chi connectivity index (χ1) is 14.1. The number of fused-ring (bicyclic) bond motifs is 3. The number of benzene rings is 2. The van der Waals surface area contributed by atoms with Gasteiger partial charge in [0.2, 0.25) is 0 Å². The summed E-state index contributed by atoms with van der Waals surface area (Å²) < 4.78 is 5.90. The molecule has 1 saturated carbocycles. The van der Waals surface area contributed by atoms with Crippen molar-refractivity contribution in [2.45, 2.75) is 64.9 Å². The van der Waals surface area contributed by atoms with Crippen LogP contribution in [0, 0.1) is 17.4 Å². The predicted molar refractivity (Wildman–Crippen MR) is 114 cm³/mol. The van der Waals surface area contributed by atoms with Crippen LogP contribution in [0.2, 0.25) is 0 Å². The van der Waals surface area contributed by atoms with Crippen molar-refractivity contribution in [2.75, 3.05) is 0 Å². The first-order valence-corrected chi connectivity index (χ1v) is 10.8. The maximum atomic E-state index is 13.0. The minimum Gasteiger partial charge on any atom is -0.458 e. The van der Waals surface area contributed by atoms with Gasteiger partial charge in [0, 0.05) is 15.7 Å². The number of hydrogen-bond donors (Lipinski definition) is 0. The molecule has 2 aromatic carbocycles. The third-order valence-electron chi connectivity index (χ3n) is 6.43. The molecule has 148 valence electrons. The maximum Gasteiger partial charge on any atom is 0.357 e. The Balaban J connectivity index is 1.52. The zero-order valence-electron chi connectivity index (χ0n) is 17.1. The van der Waals surface area contributed by atoms with Gasteiger partial charge in [0.05, 0.1) is 16.7 Å². The van der Waals surface area contributed by atoms with Crippen molar-refractivity contribution in [2.24, 2.45) is 9.98 Å². The molecule has 2 aromatic rings. The van der Waals surface area contributed by atoms with Crippen LogP contribution in [0.15, 0.2) is 40.3 Å². The fourth-order valence-corrected chi connectivity index (χ4v) is 4.89. The van der Waals surface area contributed by atoms with Crippen molar-refractivity contribution < 1.29 is 9.53 Å². The Morgan fingerprint density at radius 1 is 0.966 bits per heavy atom. The van der Waals surface area contributed by atoms with Crippen molar-refractivity contribution in [3.05, 3.63) is 56.9 Å². The van der Waals surface area contributed by atoms with Gasteiger partial charge in [0.15, 0.2) is 5.71 Å². The smallest absolute Gasteiger partial charge is 0.357 e. The molecule has 0 aromatic heterocycles. The van der Waals surface area contributed by atoms with Crippen molar-refractivity contribution in [3.63, 3.8) is 0 Å². The van der Waals surface area contributed by atoms with Gasteiger partial charge in [-0.05, 0) is 62.8 Å². The lowest BCUT2D eigenvalue weighted by Crippen LogP contribution is -2.26. The van der Waals surface area contributed by atoms with Gasteiger partial charge in [-0.1, -0.05) is 37.5 Å². The Kier molecular flexibility index (Phi) is 4.57. The van der Waals surface area contributed by atoms with E-state index in [0.29, 0.717) is 5.71 Å². The first kappa shape index (κ1) is 18.3. The third-order valence-corrected chi connectivity index (χ3v) is 6.43. The number of hydrogen-bond acceptors (Lipinski definition) is 4. The van der Waals surface area contributed by atoms with Crippen LogP contribution in [-0.2, 0) is 9.53 Å². The Labute approximate surface area is 170 Å². The minimum atomic E-state index is -0.277. The number of carbonyl (C=O) groups excluding carboxylic acids is 1. The molecule has 0 bridgehead atoms. The van der Waals surface area contributed by atoms with Gasteiger partial charge >= 0.3 is 5.97 Å². The van der Waals surface area contributed by atoms with Crippen LogP contribution in [0.1, 0.15) is 57.4 Å². The number of rotatable bonds is 2. The van der Waals surface area contributed by atoms with E-state index in [2.05, 4.69) is 19.1 Å². The Morgan fingerprint density at radius 3 is 2.48 bits per heavy atom. The SMILES string of the molecule is CC1=c2c(cc3c(c2C)N=c2ccccc2=3)N=C1C(=O)OC1CCCCCCC1. The molecular weight excluding hydrogens is 360 g/mol. The van der Waals surface area contributed by atoms with Gasteiger partial charge in [-0.25, -0.2) is 14.8 Å². The Hall–Kier alpha value is -2.75. The minimum absolute atomic E-state index is 0.0231. The van der Waals surface area contributed by atoms with Gasteiger partial charge in [0.25, 0.3) is 0 Å². The van der Waals surface area contributed by atoms with E-state index < -0.39 is 0 Å². The summed E-state index contributed by atoms with van der Waals surface area (Å²) in [6.45, 7) is 4.06. The maximum absolute atomic E-state index is 13.0. The molecule has 1 aliphatic carbocycles. The molecule has 3 aliphatic rings. The molecule has 2 aliphatic heterocycles. The Bertz CT molecular complexity index is 1250. The standard InChI is InChI=1S/C25H26N2O2/c1-15-22-16(2)24(25(28)29-17-10-6-4-3-5-7-11-17)27-21(22)14-19-18-12-8-9-13-20(18)26-23(15)19/h8-9,12-14,17H,3-7,10-11H2,1-2H3. The summed E-state index contributed by atoms with van der Waals surface area (Å²) in [5.41, 5.74) is 4.30. The van der Waals surface area contributed by atoms with Gasteiger partial charge < -0.3 is 4.74 Å². The summed E-state index contributed by atoms with van der Waals surface area (Å²) in [4.78, 5) is 22.5. The van der Waals surface area contributed by atoms with Crippen LogP contribution in [0.4, 0.5) is 11.4 Å². The molecule has 0 unspecified atom stereocenters. The lowest BCUT2D eigenvalue weighted by atomic mass is 9.98. The monoisotopic (exact) mass is 386 g/mol. The molecule has 0 spiro atoms. The molecule has 1 fully saturated rings. The topological polar surface area (TPSA) is 51.0 Å². The number of ether oxygens (including phenoxy) is 1. The largest absolute Gasteiger partial charge is 0.458 e. The highest BCUT2D eigenvalue weighted by molar-refractivity contribution is 6.53. The second-order valence-electron chi connectivity index (χ2n) is 8.38. The molecule has 0 radical (unpaired) electrons. The number of para-hydroxylation sites is 1. The van der Waals surface area contributed by atoms with Crippen molar-refractivity contribution in [1.29, 1.82) is 0 Å². The van der Waals surface area contributed by atoms with E-state index in [-0.39, 0.29) is 12.1 Å². The molecule has 4 nitrogen and oxygen atoms in total. The second-order valence-corrected chi connectivity index (χ2v) is 8.38. The van der Waals surface area contributed by atoms with Crippen LogP contribution in [0.3, 0.4) is 0 Å². The first-order valence-electron chi connectivity index (χ1n) is 10.8. The molecule has 5 rings (SSSR count). The summed E-state index contributed by atoms with van der Waals surface area (Å²) in [5, 5.41) is 4.26. The fraction of sp³-hybridized carbons (Fsp3) is 0.400. The molecule has 4 heteroatoms. The second kappa shape index (κ2) is 7.25. The third kappa shape index (κ3) is 3.11. The van der Waals surface area contributed by atoms with E-state index in [4.69, 9.17) is 14.7 Å². The lowest BCUT2D eigenvalue weighted by Gasteiger charge is -2.20. The van der Waals surface area contributed by atoms with Crippen LogP contribution in [-0.4, -0.2) is 17.8 Å². The summed E-state index contributed by atoms with van der Waals surface area (Å²) in [6, 6.07) is 10.3. The lowest BCUT2D eigenvalue weighted by molar-refractivity contribution is -0.141. The van der Waals surface area contributed by atoms with Crippen LogP contribution in [0.25, 0.3) is 5.57 Å². The van der Waals surface area contributed by atoms with E-state index in [0.717, 1.165) is 69.2 Å². The highest BCUT2D eigenvalue weighted by Gasteiger charge is 2.27. The summed E-state index contributed by atoms with van der Waals surface area (Å²) in [7, 11) is 0.